The molecule has 10 nitrogen and oxygen atoms in total. The Hall–Kier alpha value is -5.43. The van der Waals surface area contributed by atoms with E-state index in [1.807, 2.05) is 17.0 Å². The fourth-order valence-corrected chi connectivity index (χ4v) is 8.89. The predicted octanol–water partition coefficient (Wildman–Crippen LogP) is 7.16. The molecule has 9 rings (SSSR count). The first-order valence-corrected chi connectivity index (χ1v) is 17.4. The molecule has 1 saturated heterocycles. The molecule has 1 aliphatic carbocycles. The number of halogens is 2. The zero-order chi connectivity index (χ0) is 34.1. The van der Waals surface area contributed by atoms with Crippen molar-refractivity contribution in [2.75, 3.05) is 19.0 Å². The van der Waals surface area contributed by atoms with Crippen LogP contribution in [0.3, 0.4) is 0 Å². The number of H-pyrrole nitrogens is 1. The first kappa shape index (κ1) is 30.6. The molecule has 1 unspecified atom stereocenters. The molecule has 0 radical (unpaired) electrons. The van der Waals surface area contributed by atoms with E-state index in [0.717, 1.165) is 57.3 Å². The Morgan fingerprint density at radius 2 is 1.92 bits per heavy atom. The van der Waals surface area contributed by atoms with Crippen molar-refractivity contribution in [3.05, 3.63) is 111 Å². The number of anilines is 1. The molecular weight excluding hydrogens is 663 g/mol. The molecule has 2 aliphatic heterocycles. The van der Waals surface area contributed by atoms with E-state index < -0.39 is 11.6 Å². The van der Waals surface area contributed by atoms with Crippen molar-refractivity contribution >= 4 is 33.1 Å². The fourth-order valence-electron chi connectivity index (χ4n) is 7.73. The van der Waals surface area contributed by atoms with Crippen LogP contribution >= 0.6 is 11.3 Å². The lowest BCUT2D eigenvalue weighted by atomic mass is 9.93. The summed E-state index contributed by atoms with van der Waals surface area (Å²) in [6.07, 6.45) is 5.93. The number of aromatic amines is 1. The Balaban J connectivity index is 1.19. The van der Waals surface area contributed by atoms with Crippen LogP contribution in [0.5, 0.6) is 5.75 Å². The van der Waals surface area contributed by atoms with Gasteiger partial charge >= 0.3 is 5.76 Å². The third-order valence-corrected chi connectivity index (χ3v) is 11.2. The second-order valence-electron chi connectivity index (χ2n) is 12.9. The number of hydrogen-bond acceptors (Lipinski definition) is 9. The summed E-state index contributed by atoms with van der Waals surface area (Å²) in [4.78, 5) is 39.0. The van der Waals surface area contributed by atoms with Crippen LogP contribution in [0.4, 0.5) is 14.6 Å². The number of thiophene rings is 1. The number of benzene rings is 2. The van der Waals surface area contributed by atoms with E-state index in [2.05, 4.69) is 15.5 Å². The number of pyridine rings is 2. The molecule has 252 valence electrons. The lowest BCUT2D eigenvalue weighted by Gasteiger charge is -2.16. The molecule has 4 aromatic heterocycles. The smallest absolute Gasteiger partial charge is 0.434 e. The number of nitrogens with one attached hydrogen (secondary N) is 2. The molecular formula is C37H30F2N6O4S. The van der Waals surface area contributed by atoms with Gasteiger partial charge < -0.3 is 19.4 Å². The van der Waals surface area contributed by atoms with Crippen molar-refractivity contribution < 1.29 is 22.7 Å². The highest BCUT2D eigenvalue weighted by Gasteiger charge is 2.45. The number of aromatic nitrogens is 4. The van der Waals surface area contributed by atoms with Crippen LogP contribution in [-0.4, -0.2) is 44.6 Å². The summed E-state index contributed by atoms with van der Waals surface area (Å²) in [5.41, 5.74) is 5.75. The molecule has 6 heterocycles. The molecule has 2 N–H and O–H groups in total. The van der Waals surface area contributed by atoms with Gasteiger partial charge in [0.05, 0.1) is 46.4 Å². The third kappa shape index (κ3) is 4.98. The Morgan fingerprint density at radius 1 is 1.06 bits per heavy atom. The van der Waals surface area contributed by atoms with Gasteiger partial charge in [-0.05, 0) is 97.0 Å². The Kier molecular flexibility index (Phi) is 7.27. The van der Waals surface area contributed by atoms with Gasteiger partial charge in [-0.1, -0.05) is 12.1 Å². The number of amides is 1. The predicted molar refractivity (Wildman–Crippen MR) is 183 cm³/mol. The quantitative estimate of drug-likeness (QED) is 0.172. The molecule has 1 amide bonds. The van der Waals surface area contributed by atoms with E-state index in [-0.39, 0.29) is 35.4 Å². The van der Waals surface area contributed by atoms with Crippen LogP contribution < -0.4 is 15.8 Å². The third-order valence-electron chi connectivity index (χ3n) is 10.0. The average Bonchev–Trinajstić information content (AvgIpc) is 3.96. The summed E-state index contributed by atoms with van der Waals surface area (Å²) < 4.78 is 40.1. The number of aryl methyl sites for hydroxylation is 3. The van der Waals surface area contributed by atoms with Crippen LogP contribution in [0.15, 0.2) is 63.9 Å². The SMILES string of the molecule is COc1cc2c(cc1F)C(Nc1nccc3cc(-c4c5c(nc(CCc6ccc(F)cc6)c4-c4n[nH]c(=O)o4)[C@@H]4CCCN4C5=O)sc13)CC2. The largest absolute Gasteiger partial charge is 0.494 e. The van der Waals surface area contributed by atoms with Crippen molar-refractivity contribution in [1.82, 2.24) is 25.1 Å². The van der Waals surface area contributed by atoms with Gasteiger partial charge in [0, 0.05) is 23.2 Å². The minimum Gasteiger partial charge on any atom is -0.494 e. The van der Waals surface area contributed by atoms with Crippen molar-refractivity contribution in [2.45, 2.75) is 50.6 Å². The standard InChI is InChI=1S/C37H30F2N6O4S/c1-48-27-15-19-7-11-24(22(19)17-23(27)39)42-34-33-20(12-13-40-34)16-28(50-33)30-29(35-43-44-37(47)49-35)25(10-6-18-4-8-21(38)9-5-18)41-32-26-3-2-14-45(26)36(46)31(30)32/h4-5,8-9,12-13,15-17,24,26H,2-3,6-7,10-11,14H2,1H3,(H,40,42)(H,44,47)/t24?,26-/m0/s1. The van der Waals surface area contributed by atoms with Crippen LogP contribution in [0.2, 0.25) is 0 Å². The van der Waals surface area contributed by atoms with E-state index in [9.17, 15) is 18.4 Å². The van der Waals surface area contributed by atoms with Gasteiger partial charge in [-0.25, -0.2) is 23.7 Å². The number of carbonyl (C=O) groups excluding carboxylic acids is 1. The summed E-state index contributed by atoms with van der Waals surface area (Å²) in [6, 6.07) is 13.3. The molecule has 0 bridgehead atoms. The van der Waals surface area contributed by atoms with Crippen LogP contribution in [0.1, 0.15) is 69.8 Å². The number of methoxy groups -OCH3 is 1. The molecule has 3 aliphatic rings. The van der Waals surface area contributed by atoms with Gasteiger partial charge in [0.25, 0.3) is 11.8 Å². The molecule has 0 saturated carbocycles. The van der Waals surface area contributed by atoms with Gasteiger partial charge in [-0.15, -0.1) is 16.4 Å². The topological polar surface area (TPSA) is 126 Å². The summed E-state index contributed by atoms with van der Waals surface area (Å²) in [5, 5.41) is 11.1. The van der Waals surface area contributed by atoms with E-state index in [4.69, 9.17) is 19.1 Å². The molecule has 2 aromatic carbocycles. The number of fused-ring (bicyclic) bond motifs is 5. The van der Waals surface area contributed by atoms with Crippen molar-refractivity contribution in [3.8, 4) is 27.6 Å². The molecule has 0 spiro atoms. The van der Waals surface area contributed by atoms with Gasteiger partial charge in [-0.2, -0.15) is 0 Å². The van der Waals surface area contributed by atoms with Gasteiger partial charge in [0.1, 0.15) is 11.6 Å². The number of hydrogen-bond donors (Lipinski definition) is 2. The molecule has 1 fully saturated rings. The maximum absolute atomic E-state index is 14.8. The zero-order valence-electron chi connectivity index (χ0n) is 26.9. The first-order chi connectivity index (χ1) is 24.4. The second kappa shape index (κ2) is 11.9. The Morgan fingerprint density at radius 3 is 2.72 bits per heavy atom. The minimum atomic E-state index is -0.721. The highest BCUT2D eigenvalue weighted by atomic mass is 32.1. The van der Waals surface area contributed by atoms with Gasteiger partial charge in [-0.3, -0.25) is 9.78 Å². The molecule has 2 atom stereocenters. The number of ether oxygens (including phenoxy) is 1. The van der Waals surface area contributed by atoms with E-state index in [1.165, 1.54) is 36.6 Å². The lowest BCUT2D eigenvalue weighted by molar-refractivity contribution is 0.0776. The number of carbonyl (C=O) groups is 1. The molecule has 13 heteroatoms. The van der Waals surface area contributed by atoms with Gasteiger partial charge in [0.2, 0.25) is 0 Å². The van der Waals surface area contributed by atoms with Crippen LogP contribution in [-0.2, 0) is 19.3 Å². The molecule has 6 aromatic rings. The normalized spacial score (nSPS) is 17.7. The average molecular weight is 693 g/mol. The highest BCUT2D eigenvalue weighted by Crippen LogP contribution is 2.50. The summed E-state index contributed by atoms with van der Waals surface area (Å²) >= 11 is 1.47. The number of nitrogens with zero attached hydrogens (tertiary/aromatic N) is 4. The zero-order valence-corrected chi connectivity index (χ0v) is 27.7. The van der Waals surface area contributed by atoms with E-state index in [1.54, 1.807) is 24.4 Å². The maximum Gasteiger partial charge on any atom is 0.434 e. The van der Waals surface area contributed by atoms with Crippen molar-refractivity contribution in [1.29, 1.82) is 0 Å². The Labute approximate surface area is 288 Å². The van der Waals surface area contributed by atoms with Crippen LogP contribution in [0, 0.1) is 11.6 Å². The van der Waals surface area contributed by atoms with Crippen LogP contribution in [0.25, 0.3) is 32.0 Å². The second-order valence-corrected chi connectivity index (χ2v) is 13.9. The minimum absolute atomic E-state index is 0.0446. The summed E-state index contributed by atoms with van der Waals surface area (Å²) in [5.74, 6) is -0.632. The lowest BCUT2D eigenvalue weighted by Crippen LogP contribution is -2.22. The van der Waals surface area contributed by atoms with Crippen molar-refractivity contribution in [2.24, 2.45) is 0 Å². The fraction of sp³-hybridized carbons (Fsp3) is 0.270. The van der Waals surface area contributed by atoms with E-state index in [0.29, 0.717) is 53.3 Å². The van der Waals surface area contributed by atoms with Crippen molar-refractivity contribution in [3.63, 3.8) is 0 Å². The molecule has 50 heavy (non-hydrogen) atoms. The maximum atomic E-state index is 14.8. The van der Waals surface area contributed by atoms with E-state index >= 15 is 0 Å². The monoisotopic (exact) mass is 692 g/mol. The van der Waals surface area contributed by atoms with Gasteiger partial charge in [0.15, 0.2) is 11.6 Å². The highest BCUT2D eigenvalue weighted by molar-refractivity contribution is 7.23. The first-order valence-electron chi connectivity index (χ1n) is 16.6. The Bertz CT molecular complexity index is 2390. The number of rotatable bonds is 8. The summed E-state index contributed by atoms with van der Waals surface area (Å²) in [7, 11) is 1.46. The summed E-state index contributed by atoms with van der Waals surface area (Å²) in [6.45, 7) is 0.636.